The monoisotopic (exact) mass is 220 g/mol. The second-order valence-electron chi connectivity index (χ2n) is 5.22. The van der Waals surface area contributed by atoms with Crippen LogP contribution in [0.15, 0.2) is 6.07 Å². The summed E-state index contributed by atoms with van der Waals surface area (Å²) in [5, 5.41) is 3.35. The average molecular weight is 220 g/mol. The van der Waals surface area contributed by atoms with Crippen LogP contribution in [0.5, 0.6) is 0 Å². The first-order chi connectivity index (χ1) is 7.51. The predicted molar refractivity (Wildman–Crippen MR) is 66.2 cm³/mol. The summed E-state index contributed by atoms with van der Waals surface area (Å²) in [4.78, 5) is 8.55. The van der Waals surface area contributed by atoms with E-state index in [1.54, 1.807) is 6.07 Å². The van der Waals surface area contributed by atoms with Crippen LogP contribution < -0.4 is 11.1 Å². The van der Waals surface area contributed by atoms with Gasteiger partial charge in [-0.05, 0) is 17.8 Å². The second kappa shape index (κ2) is 3.92. The van der Waals surface area contributed by atoms with Gasteiger partial charge in [0.25, 0.3) is 0 Å². The summed E-state index contributed by atoms with van der Waals surface area (Å²) < 4.78 is 0. The van der Waals surface area contributed by atoms with E-state index in [0.29, 0.717) is 11.2 Å². The molecule has 1 atom stereocenters. The topological polar surface area (TPSA) is 63.8 Å². The summed E-state index contributed by atoms with van der Waals surface area (Å²) >= 11 is 0. The number of rotatable bonds is 4. The molecular formula is C12H20N4. The van der Waals surface area contributed by atoms with E-state index in [1.807, 2.05) is 6.92 Å². The molecule has 0 radical (unpaired) electrons. The van der Waals surface area contributed by atoms with E-state index in [0.717, 1.165) is 30.5 Å². The molecule has 0 aliphatic heterocycles. The van der Waals surface area contributed by atoms with Gasteiger partial charge in [-0.3, -0.25) is 0 Å². The largest absolute Gasteiger partial charge is 0.384 e. The zero-order valence-electron chi connectivity index (χ0n) is 10.2. The second-order valence-corrected chi connectivity index (χ2v) is 5.22. The quantitative estimate of drug-likeness (QED) is 0.815. The number of nitrogens with one attached hydrogen (secondary N) is 1. The van der Waals surface area contributed by atoms with Crippen LogP contribution in [0.1, 0.15) is 33.0 Å². The molecule has 0 saturated heterocycles. The molecule has 1 aliphatic carbocycles. The minimum absolute atomic E-state index is 0.499. The smallest absolute Gasteiger partial charge is 0.132 e. The molecule has 0 bridgehead atoms. The Balaban J connectivity index is 1.96. The van der Waals surface area contributed by atoms with Crippen LogP contribution in [0.3, 0.4) is 0 Å². The summed E-state index contributed by atoms with van der Waals surface area (Å²) in [6.45, 7) is 7.60. The fourth-order valence-electron chi connectivity index (χ4n) is 1.92. The summed E-state index contributed by atoms with van der Waals surface area (Å²) in [5.74, 6) is 2.96. The number of aryl methyl sites for hydroxylation is 1. The summed E-state index contributed by atoms with van der Waals surface area (Å²) in [6.07, 6.45) is 2.11. The van der Waals surface area contributed by atoms with Gasteiger partial charge in [-0.25, -0.2) is 9.97 Å². The highest BCUT2D eigenvalue weighted by atomic mass is 15.1. The van der Waals surface area contributed by atoms with Crippen LogP contribution in [0.2, 0.25) is 0 Å². The van der Waals surface area contributed by atoms with E-state index in [2.05, 4.69) is 29.1 Å². The third-order valence-corrected chi connectivity index (χ3v) is 3.36. The lowest BCUT2D eigenvalue weighted by Gasteiger charge is -2.08. The van der Waals surface area contributed by atoms with Crippen LogP contribution in [-0.4, -0.2) is 16.5 Å². The zero-order chi connectivity index (χ0) is 11.8. The van der Waals surface area contributed by atoms with Crippen molar-refractivity contribution in [1.82, 2.24) is 9.97 Å². The van der Waals surface area contributed by atoms with Crippen molar-refractivity contribution in [1.29, 1.82) is 0 Å². The number of nitrogen functional groups attached to an aromatic ring is 1. The molecule has 1 aromatic rings. The van der Waals surface area contributed by atoms with Crippen LogP contribution >= 0.6 is 0 Å². The fraction of sp³-hybridized carbons (Fsp3) is 0.667. The minimum atomic E-state index is 0.499. The summed E-state index contributed by atoms with van der Waals surface area (Å²) in [5.41, 5.74) is 6.22. The standard InChI is InChI=1S/C12H20N4/c1-4-10-15-9(13)5-11(16-10)14-7-8-6-12(8,2)3/h5,8H,4,6-7H2,1-3H3,(H3,13,14,15,16). The van der Waals surface area contributed by atoms with Gasteiger partial charge in [0.2, 0.25) is 0 Å². The number of hydrogen-bond acceptors (Lipinski definition) is 4. The molecule has 0 aromatic carbocycles. The highest BCUT2D eigenvalue weighted by molar-refractivity contribution is 5.44. The average Bonchev–Trinajstić information content (AvgIpc) is 2.83. The number of nitrogens with zero attached hydrogens (tertiary/aromatic N) is 2. The third-order valence-electron chi connectivity index (χ3n) is 3.36. The first kappa shape index (κ1) is 11.2. The molecule has 88 valence electrons. The molecule has 4 nitrogen and oxygen atoms in total. The fourth-order valence-corrected chi connectivity index (χ4v) is 1.92. The number of nitrogens with two attached hydrogens (primary N) is 1. The Morgan fingerprint density at radius 1 is 1.50 bits per heavy atom. The van der Waals surface area contributed by atoms with Gasteiger partial charge >= 0.3 is 0 Å². The normalized spacial score (nSPS) is 21.8. The highest BCUT2D eigenvalue weighted by Gasteiger charge is 2.44. The Morgan fingerprint density at radius 2 is 2.19 bits per heavy atom. The predicted octanol–water partition coefficient (Wildman–Crippen LogP) is 2.08. The number of hydrogen-bond donors (Lipinski definition) is 2. The van der Waals surface area contributed by atoms with Crippen molar-refractivity contribution < 1.29 is 0 Å². The van der Waals surface area contributed by atoms with E-state index < -0.39 is 0 Å². The third kappa shape index (κ3) is 2.43. The molecule has 3 N–H and O–H groups in total. The van der Waals surface area contributed by atoms with Crippen molar-refractivity contribution in [2.45, 2.75) is 33.6 Å². The SMILES string of the molecule is CCc1nc(N)cc(NCC2CC2(C)C)n1. The van der Waals surface area contributed by atoms with Crippen molar-refractivity contribution in [3.8, 4) is 0 Å². The Hall–Kier alpha value is -1.32. The first-order valence-corrected chi connectivity index (χ1v) is 5.88. The number of aromatic nitrogens is 2. The van der Waals surface area contributed by atoms with Gasteiger partial charge in [-0.2, -0.15) is 0 Å². The highest BCUT2D eigenvalue weighted by Crippen LogP contribution is 2.51. The van der Waals surface area contributed by atoms with E-state index in [9.17, 15) is 0 Å². The van der Waals surface area contributed by atoms with E-state index in [4.69, 9.17) is 5.73 Å². The Kier molecular flexibility index (Phi) is 2.74. The van der Waals surface area contributed by atoms with Gasteiger partial charge in [0, 0.05) is 19.0 Å². The van der Waals surface area contributed by atoms with Gasteiger partial charge in [0.15, 0.2) is 0 Å². The van der Waals surface area contributed by atoms with Crippen molar-refractivity contribution in [3.63, 3.8) is 0 Å². The van der Waals surface area contributed by atoms with Crippen molar-refractivity contribution >= 4 is 11.6 Å². The maximum absolute atomic E-state index is 5.72. The molecule has 1 unspecified atom stereocenters. The summed E-state index contributed by atoms with van der Waals surface area (Å²) in [7, 11) is 0. The molecule has 2 rings (SSSR count). The van der Waals surface area contributed by atoms with E-state index >= 15 is 0 Å². The lowest BCUT2D eigenvalue weighted by Crippen LogP contribution is -2.10. The lowest BCUT2D eigenvalue weighted by atomic mass is 10.1. The van der Waals surface area contributed by atoms with E-state index in [1.165, 1.54) is 6.42 Å². The van der Waals surface area contributed by atoms with Gasteiger partial charge in [0.1, 0.15) is 17.5 Å². The molecule has 1 fully saturated rings. The van der Waals surface area contributed by atoms with Crippen molar-refractivity contribution in [3.05, 3.63) is 11.9 Å². The molecule has 1 saturated carbocycles. The minimum Gasteiger partial charge on any atom is -0.384 e. The Labute approximate surface area is 96.7 Å². The number of anilines is 2. The van der Waals surface area contributed by atoms with Gasteiger partial charge in [-0.15, -0.1) is 0 Å². The van der Waals surface area contributed by atoms with Crippen LogP contribution in [-0.2, 0) is 6.42 Å². The molecule has 1 aromatic heterocycles. The lowest BCUT2D eigenvalue weighted by molar-refractivity contribution is 0.572. The van der Waals surface area contributed by atoms with Gasteiger partial charge in [-0.1, -0.05) is 20.8 Å². The van der Waals surface area contributed by atoms with Crippen LogP contribution in [0.4, 0.5) is 11.6 Å². The van der Waals surface area contributed by atoms with Gasteiger partial charge < -0.3 is 11.1 Å². The molecule has 1 aliphatic rings. The molecule has 16 heavy (non-hydrogen) atoms. The molecule has 4 heteroatoms. The summed E-state index contributed by atoms with van der Waals surface area (Å²) in [6, 6.07) is 1.80. The molecule has 1 heterocycles. The Morgan fingerprint density at radius 3 is 2.75 bits per heavy atom. The maximum Gasteiger partial charge on any atom is 0.132 e. The molecular weight excluding hydrogens is 200 g/mol. The maximum atomic E-state index is 5.72. The van der Waals surface area contributed by atoms with Gasteiger partial charge in [0.05, 0.1) is 0 Å². The molecule has 0 amide bonds. The van der Waals surface area contributed by atoms with Crippen molar-refractivity contribution in [2.24, 2.45) is 11.3 Å². The van der Waals surface area contributed by atoms with E-state index in [-0.39, 0.29) is 0 Å². The Bertz CT molecular complexity index is 387. The first-order valence-electron chi connectivity index (χ1n) is 5.88. The van der Waals surface area contributed by atoms with Crippen LogP contribution in [0, 0.1) is 11.3 Å². The van der Waals surface area contributed by atoms with Crippen molar-refractivity contribution in [2.75, 3.05) is 17.6 Å². The zero-order valence-corrected chi connectivity index (χ0v) is 10.2. The van der Waals surface area contributed by atoms with Crippen LogP contribution in [0.25, 0.3) is 0 Å². The molecule has 0 spiro atoms.